The van der Waals surface area contributed by atoms with E-state index < -0.39 is 0 Å². The highest BCUT2D eigenvalue weighted by atomic mass is 35.5. The van der Waals surface area contributed by atoms with Gasteiger partial charge in [0.2, 0.25) is 5.91 Å². The molecule has 1 saturated heterocycles. The zero-order valence-corrected chi connectivity index (χ0v) is 15.5. The van der Waals surface area contributed by atoms with Crippen molar-refractivity contribution in [3.63, 3.8) is 0 Å². The van der Waals surface area contributed by atoms with Crippen LogP contribution in [0.25, 0.3) is 0 Å². The molecule has 0 bridgehead atoms. The van der Waals surface area contributed by atoms with E-state index in [1.165, 1.54) is 37.7 Å². The molecule has 1 amide bonds. The topological polar surface area (TPSA) is 41.1 Å². The predicted octanol–water partition coefficient (Wildman–Crippen LogP) is 3.67. The molecule has 0 aromatic heterocycles. The van der Waals surface area contributed by atoms with Crippen molar-refractivity contribution in [2.45, 2.75) is 50.9 Å². The van der Waals surface area contributed by atoms with Crippen LogP contribution in [0.15, 0.2) is 30.3 Å². The second kappa shape index (κ2) is 8.87. The summed E-state index contributed by atoms with van der Waals surface area (Å²) in [6.45, 7) is 5.25. The molecule has 3 nitrogen and oxygen atoms in total. The van der Waals surface area contributed by atoms with Crippen molar-refractivity contribution in [2.24, 2.45) is 11.8 Å². The lowest BCUT2D eigenvalue weighted by molar-refractivity contribution is -0.122. The van der Waals surface area contributed by atoms with Gasteiger partial charge in [0.1, 0.15) is 0 Å². The number of hydrogen-bond acceptors (Lipinski definition) is 2. The quantitative estimate of drug-likeness (QED) is 0.821. The summed E-state index contributed by atoms with van der Waals surface area (Å²) in [6.07, 6.45) is 6.76. The predicted molar refractivity (Wildman–Crippen MR) is 102 cm³/mol. The van der Waals surface area contributed by atoms with Crippen molar-refractivity contribution in [2.75, 3.05) is 19.6 Å². The molecule has 1 unspecified atom stereocenters. The van der Waals surface area contributed by atoms with E-state index in [9.17, 15) is 4.79 Å². The summed E-state index contributed by atoms with van der Waals surface area (Å²) < 4.78 is 0. The molecule has 2 fully saturated rings. The van der Waals surface area contributed by atoms with Crippen LogP contribution < -0.4 is 10.6 Å². The summed E-state index contributed by atoms with van der Waals surface area (Å²) in [6, 6.07) is 10.7. The number of amides is 1. The second-order valence-corrected chi connectivity index (χ2v) is 7.55. The van der Waals surface area contributed by atoms with E-state index >= 15 is 0 Å². The van der Waals surface area contributed by atoms with Crippen LogP contribution in [0.4, 0.5) is 0 Å². The molecule has 1 heterocycles. The van der Waals surface area contributed by atoms with Crippen LogP contribution in [0.1, 0.15) is 51.0 Å². The fraction of sp³-hybridized carbons (Fsp3) is 0.650. The van der Waals surface area contributed by atoms with E-state index in [1.54, 1.807) is 0 Å². The Hall–Kier alpha value is -1.06. The van der Waals surface area contributed by atoms with Gasteiger partial charge in [0.15, 0.2) is 0 Å². The molecule has 1 aliphatic heterocycles. The van der Waals surface area contributed by atoms with Gasteiger partial charge in [0.05, 0.1) is 0 Å². The summed E-state index contributed by atoms with van der Waals surface area (Å²) in [5.74, 6) is 1.43. The van der Waals surface area contributed by atoms with Crippen LogP contribution in [-0.2, 0) is 10.2 Å². The van der Waals surface area contributed by atoms with Crippen molar-refractivity contribution >= 4 is 18.3 Å². The monoisotopic (exact) mass is 350 g/mol. The fourth-order valence-corrected chi connectivity index (χ4v) is 4.18. The first-order chi connectivity index (χ1) is 11.2. The Bertz CT molecular complexity index is 510. The molecular weight excluding hydrogens is 320 g/mol. The maximum atomic E-state index is 12.4. The van der Waals surface area contributed by atoms with E-state index in [4.69, 9.17) is 0 Å². The molecule has 0 radical (unpaired) electrons. The lowest BCUT2D eigenvalue weighted by Crippen LogP contribution is -2.46. The number of hydrogen-bond donors (Lipinski definition) is 2. The fourth-order valence-electron chi connectivity index (χ4n) is 4.18. The van der Waals surface area contributed by atoms with Gasteiger partial charge in [-0.1, -0.05) is 43.7 Å². The molecule has 2 aliphatic rings. The van der Waals surface area contributed by atoms with Crippen LogP contribution >= 0.6 is 12.4 Å². The average Bonchev–Trinajstić information content (AvgIpc) is 2.55. The Morgan fingerprint density at radius 1 is 1.25 bits per heavy atom. The standard InChI is InChI=1S/C20H30N2O.ClH/c1-16(17-8-12-21-13-9-17)14-19(23)22-15-20(10-5-11-20)18-6-3-2-4-7-18;/h2-4,6-7,16-17,21H,5,8-15H2,1H3,(H,22,23);1H. The maximum absolute atomic E-state index is 12.4. The van der Waals surface area contributed by atoms with Crippen LogP contribution in [0.2, 0.25) is 0 Å². The minimum absolute atomic E-state index is 0. The number of carbonyl (C=O) groups is 1. The molecule has 1 aromatic carbocycles. The van der Waals surface area contributed by atoms with Crippen molar-refractivity contribution in [1.29, 1.82) is 0 Å². The Morgan fingerprint density at radius 3 is 2.50 bits per heavy atom. The number of carbonyl (C=O) groups excluding carboxylic acids is 1. The third-order valence-corrected chi connectivity index (χ3v) is 6.02. The maximum Gasteiger partial charge on any atom is 0.220 e. The number of nitrogens with one attached hydrogen (secondary N) is 2. The Kier molecular flexibility index (Phi) is 7.12. The average molecular weight is 351 g/mol. The molecule has 4 heteroatoms. The van der Waals surface area contributed by atoms with Crippen LogP contribution in [0.5, 0.6) is 0 Å². The minimum Gasteiger partial charge on any atom is -0.355 e. The van der Waals surface area contributed by atoms with Gasteiger partial charge in [0, 0.05) is 18.4 Å². The molecule has 0 spiro atoms. The SMILES string of the molecule is CC(CC(=O)NCC1(c2ccccc2)CCC1)C1CCNCC1.Cl. The molecular formula is C20H31ClN2O. The van der Waals surface area contributed by atoms with Gasteiger partial charge in [-0.05, 0) is 56.2 Å². The minimum atomic E-state index is 0. The lowest BCUT2D eigenvalue weighted by atomic mass is 9.64. The van der Waals surface area contributed by atoms with E-state index in [-0.39, 0.29) is 23.7 Å². The van der Waals surface area contributed by atoms with Crippen molar-refractivity contribution in [3.05, 3.63) is 35.9 Å². The van der Waals surface area contributed by atoms with Crippen LogP contribution in [-0.4, -0.2) is 25.5 Å². The van der Waals surface area contributed by atoms with Gasteiger partial charge >= 0.3 is 0 Å². The molecule has 2 N–H and O–H groups in total. The van der Waals surface area contributed by atoms with Crippen molar-refractivity contribution < 1.29 is 4.79 Å². The number of halogens is 1. The lowest BCUT2D eigenvalue weighted by Gasteiger charge is -2.42. The summed E-state index contributed by atoms with van der Waals surface area (Å²) in [7, 11) is 0. The largest absolute Gasteiger partial charge is 0.355 e. The summed E-state index contributed by atoms with van der Waals surface area (Å²) in [5, 5.41) is 6.64. The zero-order chi connectivity index (χ0) is 16.1. The van der Waals surface area contributed by atoms with Crippen LogP contribution in [0, 0.1) is 11.8 Å². The highest BCUT2D eigenvalue weighted by Gasteiger charge is 2.38. The highest BCUT2D eigenvalue weighted by Crippen LogP contribution is 2.43. The summed E-state index contributed by atoms with van der Waals surface area (Å²) >= 11 is 0. The normalized spacial score (nSPS) is 21.2. The van der Waals surface area contributed by atoms with Gasteiger partial charge in [-0.25, -0.2) is 0 Å². The van der Waals surface area contributed by atoms with E-state index in [2.05, 4.69) is 47.9 Å². The molecule has 1 saturated carbocycles. The first-order valence-corrected chi connectivity index (χ1v) is 9.23. The molecule has 1 aromatic rings. The van der Waals surface area contributed by atoms with E-state index in [0.29, 0.717) is 18.3 Å². The third kappa shape index (κ3) is 4.52. The first-order valence-electron chi connectivity index (χ1n) is 9.23. The Labute approximate surface area is 152 Å². The first kappa shape index (κ1) is 19.3. The highest BCUT2D eigenvalue weighted by molar-refractivity contribution is 5.85. The summed E-state index contributed by atoms with van der Waals surface area (Å²) in [4.78, 5) is 12.4. The Balaban J connectivity index is 0.00000208. The molecule has 1 atom stereocenters. The second-order valence-electron chi connectivity index (χ2n) is 7.55. The van der Waals surface area contributed by atoms with Gasteiger partial charge < -0.3 is 10.6 Å². The van der Waals surface area contributed by atoms with Crippen molar-refractivity contribution in [3.8, 4) is 0 Å². The smallest absolute Gasteiger partial charge is 0.220 e. The number of rotatable bonds is 6. The van der Waals surface area contributed by atoms with Gasteiger partial charge in [-0.2, -0.15) is 0 Å². The number of benzene rings is 1. The zero-order valence-electron chi connectivity index (χ0n) is 14.7. The van der Waals surface area contributed by atoms with Gasteiger partial charge in [-0.3, -0.25) is 4.79 Å². The van der Waals surface area contributed by atoms with Crippen molar-refractivity contribution in [1.82, 2.24) is 10.6 Å². The molecule has 1 aliphatic carbocycles. The van der Waals surface area contributed by atoms with E-state index in [0.717, 1.165) is 19.6 Å². The van der Waals surface area contributed by atoms with Crippen LogP contribution in [0.3, 0.4) is 0 Å². The van der Waals surface area contributed by atoms with Gasteiger partial charge in [-0.15, -0.1) is 12.4 Å². The molecule has 24 heavy (non-hydrogen) atoms. The number of piperidine rings is 1. The summed E-state index contributed by atoms with van der Waals surface area (Å²) in [5.41, 5.74) is 1.58. The Morgan fingerprint density at radius 2 is 1.92 bits per heavy atom. The van der Waals surface area contributed by atoms with Gasteiger partial charge in [0.25, 0.3) is 0 Å². The molecule has 3 rings (SSSR count). The molecule has 134 valence electrons. The van der Waals surface area contributed by atoms with E-state index in [1.807, 2.05) is 0 Å². The third-order valence-electron chi connectivity index (χ3n) is 6.02.